The summed E-state index contributed by atoms with van der Waals surface area (Å²) in [6, 6.07) is 1.54. The summed E-state index contributed by atoms with van der Waals surface area (Å²) in [5.74, 6) is 2.42. The third kappa shape index (κ3) is 2.75. The number of anilines is 1. The number of carbonyl (C=O) groups is 2. The largest absolute Gasteiger partial charge is 0.344 e. The Morgan fingerprint density at radius 3 is 2.78 bits per heavy atom. The van der Waals surface area contributed by atoms with Gasteiger partial charge in [0.1, 0.15) is 11.9 Å². The highest BCUT2D eigenvalue weighted by Crippen LogP contribution is 2.54. The Balaban J connectivity index is 1.42. The van der Waals surface area contributed by atoms with Crippen molar-refractivity contribution >= 4 is 17.6 Å². The van der Waals surface area contributed by atoms with E-state index in [-0.39, 0.29) is 23.8 Å². The van der Waals surface area contributed by atoms with Crippen molar-refractivity contribution in [3.05, 3.63) is 11.8 Å². The van der Waals surface area contributed by atoms with E-state index < -0.39 is 0 Å². The highest BCUT2D eigenvalue weighted by atomic mass is 16.2. The number of piperidine rings is 1. The Kier molecular flexibility index (Phi) is 3.43. The lowest BCUT2D eigenvalue weighted by Gasteiger charge is -2.32. The number of aromatic nitrogens is 2. The zero-order valence-corrected chi connectivity index (χ0v) is 13.8. The summed E-state index contributed by atoms with van der Waals surface area (Å²) >= 11 is 0. The van der Waals surface area contributed by atoms with Crippen LogP contribution in [0.2, 0.25) is 0 Å². The summed E-state index contributed by atoms with van der Waals surface area (Å²) < 4.78 is 1.74. The summed E-state index contributed by atoms with van der Waals surface area (Å²) in [7, 11) is 1.85. The summed E-state index contributed by atoms with van der Waals surface area (Å²) in [5, 5.41) is 7.33. The maximum atomic E-state index is 12.8. The molecule has 0 spiro atoms. The van der Waals surface area contributed by atoms with E-state index in [1.807, 2.05) is 20.0 Å². The lowest BCUT2D eigenvalue weighted by atomic mass is 10.0. The van der Waals surface area contributed by atoms with Crippen LogP contribution in [0.1, 0.15) is 37.8 Å². The third-order valence-electron chi connectivity index (χ3n) is 5.41. The molecule has 0 bridgehead atoms. The second-order valence-corrected chi connectivity index (χ2v) is 7.30. The molecule has 1 saturated heterocycles. The molecule has 23 heavy (non-hydrogen) atoms. The van der Waals surface area contributed by atoms with Gasteiger partial charge in [0.25, 0.3) is 5.91 Å². The molecule has 2 saturated carbocycles. The summed E-state index contributed by atoms with van der Waals surface area (Å²) in [6.07, 6.45) is 5.22. The SMILES string of the molecule is Cc1cc(N2CCCC(NC(=O)[C@H]3C[C@@H]3C3CC3)C2=O)n(C)n1. The zero-order chi connectivity index (χ0) is 16.1. The fraction of sp³-hybridized carbons (Fsp3) is 0.706. The smallest absolute Gasteiger partial charge is 0.250 e. The van der Waals surface area contributed by atoms with Crippen LogP contribution in [0.4, 0.5) is 5.82 Å². The molecule has 124 valence electrons. The minimum absolute atomic E-state index is 0.00350. The van der Waals surface area contributed by atoms with Crippen LogP contribution in [0.3, 0.4) is 0 Å². The topological polar surface area (TPSA) is 67.2 Å². The second kappa shape index (κ2) is 5.35. The van der Waals surface area contributed by atoms with Crippen LogP contribution in [0, 0.1) is 24.7 Å². The first kappa shape index (κ1) is 14.7. The van der Waals surface area contributed by atoms with Gasteiger partial charge in [-0.2, -0.15) is 5.10 Å². The van der Waals surface area contributed by atoms with Gasteiger partial charge in [-0.15, -0.1) is 0 Å². The van der Waals surface area contributed by atoms with Gasteiger partial charge in [0, 0.05) is 25.6 Å². The van der Waals surface area contributed by atoms with E-state index in [2.05, 4.69) is 10.4 Å². The van der Waals surface area contributed by atoms with Gasteiger partial charge in [0.15, 0.2) is 0 Å². The number of aryl methyl sites for hydroxylation is 2. The summed E-state index contributed by atoms with van der Waals surface area (Å²) in [4.78, 5) is 26.9. The average molecular weight is 316 g/mol. The molecular weight excluding hydrogens is 292 g/mol. The van der Waals surface area contributed by atoms with Gasteiger partial charge in [-0.3, -0.25) is 19.2 Å². The molecule has 1 unspecified atom stereocenters. The van der Waals surface area contributed by atoms with Gasteiger partial charge < -0.3 is 5.32 Å². The first-order chi connectivity index (χ1) is 11.0. The predicted molar refractivity (Wildman–Crippen MR) is 85.8 cm³/mol. The maximum Gasteiger partial charge on any atom is 0.250 e. The van der Waals surface area contributed by atoms with Crippen molar-refractivity contribution in [1.82, 2.24) is 15.1 Å². The molecular formula is C17H24N4O2. The number of nitrogens with one attached hydrogen (secondary N) is 1. The molecule has 1 aromatic heterocycles. The molecule has 1 aromatic rings. The van der Waals surface area contributed by atoms with E-state index in [4.69, 9.17) is 0 Å². The summed E-state index contributed by atoms with van der Waals surface area (Å²) in [6.45, 7) is 2.61. The Morgan fingerprint density at radius 1 is 1.35 bits per heavy atom. The molecule has 2 amide bonds. The van der Waals surface area contributed by atoms with E-state index in [1.54, 1.807) is 9.58 Å². The van der Waals surface area contributed by atoms with Gasteiger partial charge in [0.2, 0.25) is 5.91 Å². The molecule has 2 aliphatic carbocycles. The van der Waals surface area contributed by atoms with Crippen molar-refractivity contribution in [3.8, 4) is 0 Å². The summed E-state index contributed by atoms with van der Waals surface area (Å²) in [5.41, 5.74) is 0.895. The lowest BCUT2D eigenvalue weighted by molar-refractivity contribution is -0.129. The molecule has 3 atom stereocenters. The number of hydrogen-bond donors (Lipinski definition) is 1. The number of nitrogens with zero attached hydrogens (tertiary/aromatic N) is 3. The van der Waals surface area contributed by atoms with Crippen LogP contribution in [-0.2, 0) is 16.6 Å². The molecule has 1 aliphatic heterocycles. The van der Waals surface area contributed by atoms with E-state index >= 15 is 0 Å². The first-order valence-corrected chi connectivity index (χ1v) is 8.67. The normalized spacial score (nSPS) is 30.4. The van der Waals surface area contributed by atoms with Crippen molar-refractivity contribution in [1.29, 1.82) is 0 Å². The zero-order valence-electron chi connectivity index (χ0n) is 13.8. The number of amides is 2. The fourth-order valence-corrected chi connectivity index (χ4v) is 3.93. The van der Waals surface area contributed by atoms with Crippen LogP contribution in [-0.4, -0.2) is 34.2 Å². The Bertz CT molecular complexity index is 649. The molecule has 0 radical (unpaired) electrons. The molecule has 6 nitrogen and oxygen atoms in total. The van der Waals surface area contributed by atoms with E-state index in [0.717, 1.165) is 36.7 Å². The standard InChI is InChI=1S/C17H24N4O2/c1-10-8-15(20(2)19-10)21-7-3-4-14(17(21)23)18-16(22)13-9-12(13)11-5-6-11/h8,11-14H,3-7,9H2,1-2H3,(H,18,22)/t12-,13+,14?/m1/s1. The van der Waals surface area contributed by atoms with E-state index in [1.165, 1.54) is 12.8 Å². The van der Waals surface area contributed by atoms with Crippen LogP contribution in [0.5, 0.6) is 0 Å². The first-order valence-electron chi connectivity index (χ1n) is 8.67. The number of hydrogen-bond acceptors (Lipinski definition) is 3. The van der Waals surface area contributed by atoms with E-state index in [9.17, 15) is 9.59 Å². The van der Waals surface area contributed by atoms with Gasteiger partial charge in [-0.1, -0.05) is 0 Å². The van der Waals surface area contributed by atoms with Gasteiger partial charge in [-0.25, -0.2) is 0 Å². The quantitative estimate of drug-likeness (QED) is 0.913. The number of rotatable bonds is 4. The molecule has 6 heteroatoms. The Labute approximate surface area is 136 Å². The molecule has 2 heterocycles. The molecule has 0 aromatic carbocycles. The molecule has 4 rings (SSSR count). The molecule has 3 aliphatic rings. The Hall–Kier alpha value is -1.85. The van der Waals surface area contributed by atoms with Crippen LogP contribution >= 0.6 is 0 Å². The van der Waals surface area contributed by atoms with Crippen LogP contribution in [0.25, 0.3) is 0 Å². The second-order valence-electron chi connectivity index (χ2n) is 7.30. The van der Waals surface area contributed by atoms with E-state index in [0.29, 0.717) is 12.5 Å². The van der Waals surface area contributed by atoms with Crippen LogP contribution in [0.15, 0.2) is 6.07 Å². The van der Waals surface area contributed by atoms with Crippen molar-refractivity contribution in [2.24, 2.45) is 24.8 Å². The molecule has 3 fully saturated rings. The van der Waals surface area contributed by atoms with Crippen molar-refractivity contribution in [2.75, 3.05) is 11.4 Å². The predicted octanol–water partition coefficient (Wildman–Crippen LogP) is 1.39. The lowest BCUT2D eigenvalue weighted by Crippen LogP contribution is -2.53. The van der Waals surface area contributed by atoms with Crippen LogP contribution < -0.4 is 10.2 Å². The van der Waals surface area contributed by atoms with Crippen molar-refractivity contribution in [2.45, 2.75) is 45.1 Å². The third-order valence-corrected chi connectivity index (χ3v) is 5.41. The maximum absolute atomic E-state index is 12.8. The van der Waals surface area contributed by atoms with Gasteiger partial charge in [-0.05, 0) is 50.9 Å². The minimum atomic E-state index is -0.382. The minimum Gasteiger partial charge on any atom is -0.344 e. The highest BCUT2D eigenvalue weighted by Gasteiger charge is 2.51. The average Bonchev–Trinajstić information content (AvgIpc) is 3.38. The van der Waals surface area contributed by atoms with Crippen molar-refractivity contribution < 1.29 is 9.59 Å². The van der Waals surface area contributed by atoms with Gasteiger partial charge in [0.05, 0.1) is 5.69 Å². The highest BCUT2D eigenvalue weighted by molar-refractivity contribution is 5.99. The number of carbonyl (C=O) groups excluding carboxylic acids is 2. The fourth-order valence-electron chi connectivity index (χ4n) is 3.93. The molecule has 1 N–H and O–H groups in total. The van der Waals surface area contributed by atoms with Gasteiger partial charge >= 0.3 is 0 Å². The Morgan fingerprint density at radius 2 is 2.13 bits per heavy atom. The van der Waals surface area contributed by atoms with Crippen molar-refractivity contribution in [3.63, 3.8) is 0 Å². The monoisotopic (exact) mass is 316 g/mol.